The highest BCUT2D eigenvalue weighted by molar-refractivity contribution is 9.10. The molecule has 3 N–H and O–H groups in total. The molecule has 0 bridgehead atoms. The van der Waals surface area contributed by atoms with E-state index in [2.05, 4.69) is 36.1 Å². The molecule has 1 aliphatic rings. The second kappa shape index (κ2) is 6.86. The molecular formula is C11H18BrN5O. The van der Waals surface area contributed by atoms with Crippen LogP contribution in [-0.4, -0.2) is 54.3 Å². The number of nitrogens with zero attached hydrogens (tertiary/aromatic N) is 3. The third kappa shape index (κ3) is 4.08. The van der Waals surface area contributed by atoms with Crippen molar-refractivity contribution in [1.82, 2.24) is 14.9 Å². The Balaban J connectivity index is 1.69. The van der Waals surface area contributed by atoms with Gasteiger partial charge in [0.1, 0.15) is 4.60 Å². The number of nitrogens with one attached hydrogen (secondary N) is 1. The van der Waals surface area contributed by atoms with Crippen LogP contribution in [0.4, 0.5) is 11.6 Å². The van der Waals surface area contributed by atoms with Crippen LogP contribution in [0.15, 0.2) is 10.8 Å². The molecule has 100 valence electrons. The van der Waals surface area contributed by atoms with Crippen molar-refractivity contribution >= 4 is 27.6 Å². The van der Waals surface area contributed by atoms with Gasteiger partial charge in [0, 0.05) is 19.6 Å². The van der Waals surface area contributed by atoms with Gasteiger partial charge in [-0.15, -0.1) is 0 Å². The van der Waals surface area contributed by atoms with Gasteiger partial charge in [0.2, 0.25) is 0 Å². The quantitative estimate of drug-likeness (QED) is 0.788. The number of hydrogen-bond donors (Lipinski definition) is 2. The molecule has 0 unspecified atom stereocenters. The molecule has 0 aliphatic carbocycles. The fourth-order valence-electron chi connectivity index (χ4n) is 1.84. The van der Waals surface area contributed by atoms with Gasteiger partial charge in [0.15, 0.2) is 11.6 Å². The molecular weight excluding hydrogens is 298 g/mol. The van der Waals surface area contributed by atoms with Crippen LogP contribution in [0.5, 0.6) is 0 Å². The lowest BCUT2D eigenvalue weighted by Crippen LogP contribution is -2.37. The minimum Gasteiger partial charge on any atom is -0.381 e. The Hall–Kier alpha value is -0.920. The number of rotatable bonds is 5. The summed E-state index contributed by atoms with van der Waals surface area (Å²) in [6, 6.07) is 0. The lowest BCUT2D eigenvalue weighted by Gasteiger charge is -2.26. The number of halogens is 1. The van der Waals surface area contributed by atoms with Crippen molar-refractivity contribution in [2.24, 2.45) is 0 Å². The molecule has 1 aromatic rings. The van der Waals surface area contributed by atoms with Crippen LogP contribution >= 0.6 is 15.9 Å². The molecule has 2 rings (SSSR count). The monoisotopic (exact) mass is 315 g/mol. The molecule has 0 amide bonds. The second-order valence-electron chi connectivity index (χ2n) is 4.16. The lowest BCUT2D eigenvalue weighted by atomic mass is 10.3. The van der Waals surface area contributed by atoms with Gasteiger partial charge in [-0.2, -0.15) is 0 Å². The molecule has 0 spiro atoms. The molecule has 0 aromatic carbocycles. The van der Waals surface area contributed by atoms with E-state index < -0.39 is 0 Å². The Morgan fingerprint density at radius 2 is 2.22 bits per heavy atom. The highest BCUT2D eigenvalue weighted by atomic mass is 79.9. The van der Waals surface area contributed by atoms with Gasteiger partial charge in [-0.25, -0.2) is 9.97 Å². The van der Waals surface area contributed by atoms with Gasteiger partial charge < -0.3 is 15.8 Å². The number of hydrogen-bond acceptors (Lipinski definition) is 6. The largest absolute Gasteiger partial charge is 0.381 e. The van der Waals surface area contributed by atoms with Gasteiger partial charge in [-0.05, 0) is 28.9 Å². The molecule has 1 fully saturated rings. The molecule has 0 atom stereocenters. The van der Waals surface area contributed by atoms with Gasteiger partial charge in [0.05, 0.1) is 19.4 Å². The lowest BCUT2D eigenvalue weighted by molar-refractivity contribution is 0.0378. The van der Waals surface area contributed by atoms with Gasteiger partial charge in [-0.1, -0.05) is 0 Å². The summed E-state index contributed by atoms with van der Waals surface area (Å²) in [5.41, 5.74) is 5.73. The first-order valence-corrected chi connectivity index (χ1v) is 6.87. The third-order valence-electron chi connectivity index (χ3n) is 2.82. The molecule has 0 radical (unpaired) electrons. The van der Waals surface area contributed by atoms with E-state index in [1.165, 1.54) is 0 Å². The van der Waals surface area contributed by atoms with Crippen molar-refractivity contribution in [3.63, 3.8) is 0 Å². The number of anilines is 2. The highest BCUT2D eigenvalue weighted by Gasteiger charge is 2.09. The van der Waals surface area contributed by atoms with Crippen LogP contribution in [0.3, 0.4) is 0 Å². The van der Waals surface area contributed by atoms with E-state index >= 15 is 0 Å². The first-order chi connectivity index (χ1) is 8.75. The predicted octanol–water partition coefficient (Wildman–Crippen LogP) is 0.955. The summed E-state index contributed by atoms with van der Waals surface area (Å²) in [5, 5.41) is 3.21. The summed E-state index contributed by atoms with van der Waals surface area (Å²) < 4.78 is 5.99. The van der Waals surface area contributed by atoms with Crippen molar-refractivity contribution < 1.29 is 4.74 Å². The topological polar surface area (TPSA) is 76.3 Å². The average molecular weight is 316 g/mol. The van der Waals surface area contributed by atoms with Crippen molar-refractivity contribution in [1.29, 1.82) is 0 Å². The Morgan fingerprint density at radius 1 is 1.44 bits per heavy atom. The van der Waals surface area contributed by atoms with E-state index in [1.54, 1.807) is 6.20 Å². The molecule has 6 nitrogen and oxygen atoms in total. The Morgan fingerprint density at radius 3 is 3.00 bits per heavy atom. The zero-order valence-electron chi connectivity index (χ0n) is 10.2. The maximum absolute atomic E-state index is 5.73. The number of aromatic nitrogens is 2. The van der Waals surface area contributed by atoms with Gasteiger partial charge >= 0.3 is 0 Å². The zero-order chi connectivity index (χ0) is 12.8. The van der Waals surface area contributed by atoms with Crippen LogP contribution in [0.25, 0.3) is 0 Å². The first-order valence-electron chi connectivity index (χ1n) is 6.07. The van der Waals surface area contributed by atoms with Crippen LogP contribution in [-0.2, 0) is 4.74 Å². The van der Waals surface area contributed by atoms with Crippen molar-refractivity contribution in [2.75, 3.05) is 50.4 Å². The van der Waals surface area contributed by atoms with E-state index in [9.17, 15) is 0 Å². The molecule has 0 saturated carbocycles. The summed E-state index contributed by atoms with van der Waals surface area (Å²) in [4.78, 5) is 10.7. The van der Waals surface area contributed by atoms with E-state index in [-0.39, 0.29) is 0 Å². The zero-order valence-corrected chi connectivity index (χ0v) is 11.8. The summed E-state index contributed by atoms with van der Waals surface area (Å²) >= 11 is 3.28. The van der Waals surface area contributed by atoms with Crippen molar-refractivity contribution in [3.8, 4) is 0 Å². The summed E-state index contributed by atoms with van der Waals surface area (Å²) in [6.45, 7) is 5.65. The summed E-state index contributed by atoms with van der Waals surface area (Å²) in [5.74, 6) is 1.08. The molecule has 7 heteroatoms. The number of morpholine rings is 1. The maximum atomic E-state index is 5.73. The van der Waals surface area contributed by atoms with E-state index in [1.807, 2.05) is 0 Å². The van der Waals surface area contributed by atoms with Gasteiger partial charge in [-0.3, -0.25) is 4.90 Å². The minimum atomic E-state index is 0.435. The smallest absolute Gasteiger partial charge is 0.170 e. The van der Waals surface area contributed by atoms with E-state index in [4.69, 9.17) is 10.5 Å². The fraction of sp³-hybridized carbons (Fsp3) is 0.636. The van der Waals surface area contributed by atoms with Crippen LogP contribution in [0.2, 0.25) is 0 Å². The molecule has 1 aromatic heterocycles. The Kier molecular flexibility index (Phi) is 5.15. The number of nitrogen functional groups attached to an aromatic ring is 1. The number of nitrogens with two attached hydrogens (primary N) is 1. The summed E-state index contributed by atoms with van der Waals surface area (Å²) in [6.07, 6.45) is 2.64. The summed E-state index contributed by atoms with van der Waals surface area (Å²) in [7, 11) is 0. The Labute approximate surface area is 115 Å². The molecule has 1 aliphatic heterocycles. The number of ether oxygens (including phenoxy) is 1. The highest BCUT2D eigenvalue weighted by Crippen LogP contribution is 2.15. The SMILES string of the molecule is Nc1ncc(Br)nc1NCCCN1CCOCC1. The first kappa shape index (κ1) is 13.5. The standard InChI is InChI=1S/C11H18BrN5O/c12-9-8-15-10(13)11(16-9)14-2-1-3-17-4-6-18-7-5-17/h8H,1-7H2,(H2,13,15)(H,14,16). The molecule has 18 heavy (non-hydrogen) atoms. The minimum absolute atomic E-state index is 0.435. The Bertz CT molecular complexity index is 384. The third-order valence-corrected chi connectivity index (χ3v) is 3.20. The average Bonchev–Trinajstić information content (AvgIpc) is 2.40. The molecule has 1 saturated heterocycles. The van der Waals surface area contributed by atoms with Crippen molar-refractivity contribution in [2.45, 2.75) is 6.42 Å². The van der Waals surface area contributed by atoms with Crippen LogP contribution in [0, 0.1) is 0 Å². The van der Waals surface area contributed by atoms with Crippen molar-refractivity contribution in [3.05, 3.63) is 10.8 Å². The van der Waals surface area contributed by atoms with Crippen LogP contribution < -0.4 is 11.1 Å². The van der Waals surface area contributed by atoms with E-state index in [0.29, 0.717) is 16.2 Å². The normalized spacial score (nSPS) is 16.7. The predicted molar refractivity (Wildman–Crippen MR) is 74.5 cm³/mol. The second-order valence-corrected chi connectivity index (χ2v) is 4.97. The van der Waals surface area contributed by atoms with Crippen LogP contribution in [0.1, 0.15) is 6.42 Å². The molecule has 2 heterocycles. The fourth-order valence-corrected chi connectivity index (χ4v) is 2.12. The maximum Gasteiger partial charge on any atom is 0.170 e. The van der Waals surface area contributed by atoms with E-state index in [0.717, 1.165) is 45.8 Å². The van der Waals surface area contributed by atoms with Gasteiger partial charge in [0.25, 0.3) is 0 Å².